The minimum Gasteiger partial charge on any atom is -0.376 e. The molecule has 0 bridgehead atoms. The number of rotatable bonds is 6. The smallest absolute Gasteiger partial charge is 0.293 e. The van der Waals surface area contributed by atoms with E-state index in [1.54, 1.807) is 19.1 Å². The van der Waals surface area contributed by atoms with E-state index in [0.717, 1.165) is 17.2 Å². The first kappa shape index (κ1) is 21.1. The number of hydrogen-bond donors (Lipinski definition) is 2. The molecule has 0 spiro atoms. The van der Waals surface area contributed by atoms with Crippen molar-refractivity contribution < 1.29 is 21.8 Å². The Balaban J connectivity index is 1.90. The van der Waals surface area contributed by atoms with Gasteiger partial charge in [-0.25, -0.2) is 16.8 Å². The second-order valence-electron chi connectivity index (χ2n) is 7.10. The van der Waals surface area contributed by atoms with E-state index in [0.29, 0.717) is 12.1 Å². The monoisotopic (exact) mass is 439 g/mol. The lowest BCUT2D eigenvalue weighted by atomic mass is 10.1. The summed E-state index contributed by atoms with van der Waals surface area (Å²) in [6.07, 6.45) is 0.341. The lowest BCUT2D eigenvalue weighted by Crippen LogP contribution is -2.21. The third-order valence-corrected chi connectivity index (χ3v) is 7.83. The molecule has 1 heterocycles. The van der Waals surface area contributed by atoms with Crippen molar-refractivity contribution in [2.24, 2.45) is 0 Å². The van der Waals surface area contributed by atoms with Crippen LogP contribution in [-0.4, -0.2) is 39.3 Å². The van der Waals surface area contributed by atoms with E-state index in [1.807, 2.05) is 13.0 Å². The summed E-state index contributed by atoms with van der Waals surface area (Å²) in [7, 11) is -7.21. The van der Waals surface area contributed by atoms with Gasteiger partial charge in [-0.15, -0.1) is 0 Å². The van der Waals surface area contributed by atoms with Crippen molar-refractivity contribution in [3.63, 3.8) is 0 Å². The summed E-state index contributed by atoms with van der Waals surface area (Å²) in [6, 6.07) is 8.28. The third kappa shape index (κ3) is 4.85. The van der Waals surface area contributed by atoms with Crippen LogP contribution in [-0.2, 0) is 19.9 Å². The molecule has 1 aliphatic heterocycles. The molecule has 2 aromatic rings. The van der Waals surface area contributed by atoms with Crippen molar-refractivity contribution in [3.8, 4) is 0 Å². The number of nitrogens with one attached hydrogen (secondary N) is 2. The Bertz CT molecular complexity index is 1180. The number of sulfonamides is 1. The first-order valence-corrected chi connectivity index (χ1v) is 12.1. The van der Waals surface area contributed by atoms with Crippen molar-refractivity contribution in [2.75, 3.05) is 21.5 Å². The summed E-state index contributed by atoms with van der Waals surface area (Å²) in [6.45, 7) is 3.64. The molecule has 0 radical (unpaired) electrons. The second-order valence-corrected chi connectivity index (χ2v) is 11.0. The van der Waals surface area contributed by atoms with Gasteiger partial charge in [0.25, 0.3) is 15.7 Å². The van der Waals surface area contributed by atoms with Crippen molar-refractivity contribution >= 4 is 36.9 Å². The number of nitro benzene ring substituents is 1. The van der Waals surface area contributed by atoms with Crippen molar-refractivity contribution in [1.82, 2.24) is 0 Å². The van der Waals surface area contributed by atoms with Crippen LogP contribution in [0.1, 0.15) is 17.5 Å². The SMILES string of the molecule is Cc1ccc(NS(=O)(=O)c2ccc(N[C@@H]3CCS(=O)(=O)C3)c([N+](=O)[O-])c2)c(C)c1. The van der Waals surface area contributed by atoms with Crippen LogP contribution in [0.5, 0.6) is 0 Å². The number of nitro groups is 1. The van der Waals surface area contributed by atoms with Gasteiger partial charge in [0.2, 0.25) is 0 Å². The Morgan fingerprint density at radius 1 is 1.10 bits per heavy atom. The predicted molar refractivity (Wildman–Crippen MR) is 111 cm³/mol. The summed E-state index contributed by atoms with van der Waals surface area (Å²) < 4.78 is 51.1. The second kappa shape index (κ2) is 7.64. The quantitative estimate of drug-likeness (QED) is 0.521. The highest BCUT2D eigenvalue weighted by Gasteiger charge is 2.30. The fourth-order valence-electron chi connectivity index (χ4n) is 3.21. The van der Waals surface area contributed by atoms with Crippen LogP contribution in [0.3, 0.4) is 0 Å². The highest BCUT2D eigenvalue weighted by Crippen LogP contribution is 2.31. The standard InChI is InChI=1S/C18H21N3O6S2/c1-12-3-5-16(13(2)9-12)20-29(26,27)15-4-6-17(18(10-15)21(22)23)19-14-7-8-28(24,25)11-14/h3-6,9-10,14,19-20H,7-8,11H2,1-2H3/t14-/m1/s1. The average molecular weight is 440 g/mol. The lowest BCUT2D eigenvalue weighted by Gasteiger charge is -2.14. The first-order valence-electron chi connectivity index (χ1n) is 8.82. The van der Waals surface area contributed by atoms with Gasteiger partial charge in [-0.1, -0.05) is 17.7 Å². The molecule has 1 fully saturated rings. The molecular weight excluding hydrogens is 418 g/mol. The van der Waals surface area contributed by atoms with Gasteiger partial charge < -0.3 is 5.32 Å². The normalized spacial score (nSPS) is 18.3. The predicted octanol–water partition coefficient (Wildman–Crippen LogP) is 2.61. The van der Waals surface area contributed by atoms with Gasteiger partial charge >= 0.3 is 0 Å². The Hall–Kier alpha value is -2.66. The minimum absolute atomic E-state index is 0.0186. The molecule has 0 amide bonds. The number of sulfone groups is 1. The highest BCUT2D eigenvalue weighted by molar-refractivity contribution is 7.92. The maximum absolute atomic E-state index is 12.7. The van der Waals surface area contributed by atoms with E-state index in [2.05, 4.69) is 10.0 Å². The van der Waals surface area contributed by atoms with Gasteiger partial charge in [0.1, 0.15) is 5.69 Å². The van der Waals surface area contributed by atoms with E-state index in [4.69, 9.17) is 0 Å². The molecule has 9 nitrogen and oxygen atoms in total. The summed E-state index contributed by atoms with van der Waals surface area (Å²) in [4.78, 5) is 10.5. The summed E-state index contributed by atoms with van der Waals surface area (Å²) in [5, 5.41) is 14.3. The van der Waals surface area contributed by atoms with Crippen molar-refractivity contribution in [2.45, 2.75) is 31.2 Å². The molecule has 1 aliphatic rings. The van der Waals surface area contributed by atoms with Crippen LogP contribution in [0.15, 0.2) is 41.3 Å². The maximum atomic E-state index is 12.7. The molecule has 2 aromatic carbocycles. The van der Waals surface area contributed by atoms with E-state index in [9.17, 15) is 26.9 Å². The van der Waals surface area contributed by atoms with E-state index in [-0.39, 0.29) is 22.1 Å². The average Bonchev–Trinajstić information content (AvgIpc) is 2.96. The minimum atomic E-state index is -4.05. The zero-order chi connectivity index (χ0) is 21.4. The molecule has 0 aliphatic carbocycles. The van der Waals surface area contributed by atoms with Crippen LogP contribution in [0.4, 0.5) is 17.1 Å². The summed E-state index contributed by atoms with van der Waals surface area (Å²) in [5.74, 6) is -0.0940. The van der Waals surface area contributed by atoms with Crippen LogP contribution in [0.2, 0.25) is 0 Å². The highest BCUT2D eigenvalue weighted by atomic mass is 32.2. The van der Waals surface area contributed by atoms with Gasteiger partial charge in [0.15, 0.2) is 9.84 Å². The van der Waals surface area contributed by atoms with Crippen LogP contribution in [0.25, 0.3) is 0 Å². The molecule has 11 heteroatoms. The number of nitrogens with zero attached hydrogens (tertiary/aromatic N) is 1. The number of benzene rings is 2. The fourth-order valence-corrected chi connectivity index (χ4v) is 6.04. The molecule has 29 heavy (non-hydrogen) atoms. The summed E-state index contributed by atoms with van der Waals surface area (Å²) >= 11 is 0. The van der Waals surface area contributed by atoms with Crippen molar-refractivity contribution in [3.05, 3.63) is 57.6 Å². The molecule has 3 rings (SSSR count). The molecule has 1 atom stereocenters. The zero-order valence-electron chi connectivity index (χ0n) is 15.9. The number of hydrogen-bond acceptors (Lipinski definition) is 7. The molecule has 0 aromatic heterocycles. The Kier molecular flexibility index (Phi) is 5.54. The Morgan fingerprint density at radius 2 is 1.79 bits per heavy atom. The third-order valence-electron chi connectivity index (χ3n) is 4.69. The zero-order valence-corrected chi connectivity index (χ0v) is 17.5. The van der Waals surface area contributed by atoms with Gasteiger partial charge in [0, 0.05) is 12.1 Å². The fraction of sp³-hybridized carbons (Fsp3) is 0.333. The van der Waals surface area contributed by atoms with Crippen LogP contribution >= 0.6 is 0 Å². The molecule has 0 unspecified atom stereocenters. The Labute approximate surface area is 169 Å². The molecule has 156 valence electrons. The molecule has 2 N–H and O–H groups in total. The Morgan fingerprint density at radius 3 is 2.38 bits per heavy atom. The van der Waals surface area contributed by atoms with Gasteiger partial charge in [-0.05, 0) is 44.0 Å². The van der Waals surface area contributed by atoms with Crippen LogP contribution in [0, 0.1) is 24.0 Å². The molecule has 0 saturated carbocycles. The van der Waals surface area contributed by atoms with Gasteiger partial charge in [0.05, 0.1) is 27.0 Å². The topological polar surface area (TPSA) is 135 Å². The van der Waals surface area contributed by atoms with E-state index >= 15 is 0 Å². The lowest BCUT2D eigenvalue weighted by molar-refractivity contribution is -0.384. The van der Waals surface area contributed by atoms with E-state index in [1.165, 1.54) is 12.1 Å². The van der Waals surface area contributed by atoms with Gasteiger partial charge in [-0.3, -0.25) is 14.8 Å². The van der Waals surface area contributed by atoms with E-state index < -0.39 is 36.5 Å². The molecule has 1 saturated heterocycles. The first-order chi connectivity index (χ1) is 13.5. The van der Waals surface area contributed by atoms with Gasteiger partial charge in [-0.2, -0.15) is 0 Å². The van der Waals surface area contributed by atoms with Crippen molar-refractivity contribution in [1.29, 1.82) is 0 Å². The maximum Gasteiger partial charge on any atom is 0.293 e. The largest absolute Gasteiger partial charge is 0.376 e. The molecular formula is C18H21N3O6S2. The summed E-state index contributed by atoms with van der Waals surface area (Å²) in [5.41, 5.74) is 1.74. The number of anilines is 2. The van der Waals surface area contributed by atoms with Crippen LogP contribution < -0.4 is 10.0 Å². The number of aryl methyl sites for hydroxylation is 2.